The summed E-state index contributed by atoms with van der Waals surface area (Å²) in [6, 6.07) is 11.7. The van der Waals surface area contributed by atoms with Crippen molar-refractivity contribution in [3.63, 3.8) is 0 Å². The standard InChI is InChI=1S/C20H23N7O/c28-20(24-16-5-2-1-3-6-16)15-26-11-7-17(8-12-26)23-18-13-21-14-19(25-18)27-10-4-9-22-27/h1-6,9-10,13-14,17H,7-8,11-12,15H2,(H,23,25)(H,24,28). The van der Waals surface area contributed by atoms with Gasteiger partial charge in [-0.3, -0.25) is 14.7 Å². The number of para-hydroxylation sites is 1. The maximum absolute atomic E-state index is 12.2. The lowest BCUT2D eigenvalue weighted by Gasteiger charge is -2.32. The summed E-state index contributed by atoms with van der Waals surface area (Å²) in [5.74, 6) is 1.45. The fourth-order valence-electron chi connectivity index (χ4n) is 3.31. The first kappa shape index (κ1) is 18.1. The van der Waals surface area contributed by atoms with Gasteiger partial charge in [0.25, 0.3) is 0 Å². The molecule has 4 rings (SSSR count). The van der Waals surface area contributed by atoms with Crippen LogP contribution in [0.5, 0.6) is 0 Å². The molecule has 2 aromatic heterocycles. The second-order valence-corrected chi connectivity index (χ2v) is 6.82. The van der Waals surface area contributed by atoms with Crippen LogP contribution in [0, 0.1) is 0 Å². The van der Waals surface area contributed by atoms with E-state index in [4.69, 9.17) is 0 Å². The van der Waals surface area contributed by atoms with Gasteiger partial charge in [-0.05, 0) is 31.0 Å². The van der Waals surface area contributed by atoms with Crippen LogP contribution in [0.2, 0.25) is 0 Å². The average molecular weight is 377 g/mol. The number of nitrogens with zero attached hydrogens (tertiary/aromatic N) is 5. The van der Waals surface area contributed by atoms with Crippen LogP contribution in [0.15, 0.2) is 61.2 Å². The molecule has 3 aromatic rings. The highest BCUT2D eigenvalue weighted by atomic mass is 16.2. The van der Waals surface area contributed by atoms with Crippen molar-refractivity contribution >= 4 is 17.4 Å². The summed E-state index contributed by atoms with van der Waals surface area (Å²) in [7, 11) is 0. The number of hydrogen-bond donors (Lipinski definition) is 2. The predicted octanol–water partition coefficient (Wildman–Crippen LogP) is 2.18. The summed E-state index contributed by atoms with van der Waals surface area (Å²) in [6.45, 7) is 2.15. The van der Waals surface area contributed by atoms with Crippen LogP contribution >= 0.6 is 0 Å². The lowest BCUT2D eigenvalue weighted by atomic mass is 10.1. The van der Waals surface area contributed by atoms with Gasteiger partial charge in [-0.2, -0.15) is 5.10 Å². The van der Waals surface area contributed by atoms with Crippen LogP contribution in [0.1, 0.15) is 12.8 Å². The van der Waals surface area contributed by atoms with Gasteiger partial charge in [-0.1, -0.05) is 18.2 Å². The zero-order valence-electron chi connectivity index (χ0n) is 15.5. The van der Waals surface area contributed by atoms with Crippen LogP contribution in [0.25, 0.3) is 5.82 Å². The van der Waals surface area contributed by atoms with Crippen LogP contribution in [0.3, 0.4) is 0 Å². The van der Waals surface area contributed by atoms with Crippen LogP contribution in [-0.2, 0) is 4.79 Å². The summed E-state index contributed by atoms with van der Waals surface area (Å²) in [4.78, 5) is 23.2. The molecule has 0 saturated carbocycles. The third kappa shape index (κ3) is 4.72. The monoisotopic (exact) mass is 377 g/mol. The molecule has 1 aliphatic heterocycles. The largest absolute Gasteiger partial charge is 0.366 e. The molecule has 144 valence electrons. The third-order valence-corrected chi connectivity index (χ3v) is 4.73. The number of carbonyl (C=O) groups excluding carboxylic acids is 1. The molecule has 2 N–H and O–H groups in total. The van der Waals surface area contributed by atoms with Crippen LogP contribution in [-0.4, -0.2) is 56.2 Å². The molecule has 1 fully saturated rings. The van der Waals surface area contributed by atoms with Gasteiger partial charge in [-0.25, -0.2) is 9.67 Å². The Kier molecular flexibility index (Phi) is 5.58. The quantitative estimate of drug-likeness (QED) is 0.685. The lowest BCUT2D eigenvalue weighted by Crippen LogP contribution is -2.42. The lowest BCUT2D eigenvalue weighted by molar-refractivity contribution is -0.117. The number of aromatic nitrogens is 4. The van der Waals surface area contributed by atoms with Gasteiger partial charge in [0, 0.05) is 37.2 Å². The topological polar surface area (TPSA) is 88.0 Å². The second-order valence-electron chi connectivity index (χ2n) is 6.82. The van der Waals surface area contributed by atoms with Crippen molar-refractivity contribution in [2.24, 2.45) is 0 Å². The Bertz CT molecular complexity index is 890. The summed E-state index contributed by atoms with van der Waals surface area (Å²) in [5.41, 5.74) is 0.833. The van der Waals surface area contributed by atoms with Gasteiger partial charge in [0.05, 0.1) is 18.9 Å². The molecule has 0 atom stereocenters. The summed E-state index contributed by atoms with van der Waals surface area (Å²) in [5, 5.41) is 10.6. The number of hydrogen-bond acceptors (Lipinski definition) is 6. The number of rotatable bonds is 6. The minimum atomic E-state index is 0.0235. The smallest absolute Gasteiger partial charge is 0.238 e. The molecular weight excluding hydrogens is 354 g/mol. The summed E-state index contributed by atoms with van der Waals surface area (Å²) in [6.07, 6.45) is 8.87. The molecule has 1 aliphatic rings. The molecule has 1 amide bonds. The normalized spacial score (nSPS) is 15.3. The van der Waals surface area contributed by atoms with E-state index in [1.165, 1.54) is 0 Å². The maximum Gasteiger partial charge on any atom is 0.238 e. The van der Waals surface area contributed by atoms with Crippen molar-refractivity contribution in [2.45, 2.75) is 18.9 Å². The first-order valence-corrected chi connectivity index (χ1v) is 9.42. The molecule has 1 saturated heterocycles. The average Bonchev–Trinajstić information content (AvgIpc) is 3.25. The van der Waals surface area contributed by atoms with Crippen LogP contribution < -0.4 is 10.6 Å². The van der Waals surface area contributed by atoms with E-state index in [9.17, 15) is 4.79 Å². The van der Waals surface area contributed by atoms with Gasteiger partial charge >= 0.3 is 0 Å². The molecule has 0 radical (unpaired) electrons. The highest BCUT2D eigenvalue weighted by Gasteiger charge is 2.21. The van der Waals surface area contributed by atoms with E-state index in [0.29, 0.717) is 18.4 Å². The molecule has 0 unspecified atom stereocenters. The number of carbonyl (C=O) groups is 1. The molecule has 3 heterocycles. The minimum absolute atomic E-state index is 0.0235. The number of anilines is 2. The molecule has 8 heteroatoms. The van der Waals surface area contributed by atoms with Crippen molar-refractivity contribution in [1.82, 2.24) is 24.6 Å². The number of amides is 1. The third-order valence-electron chi connectivity index (χ3n) is 4.73. The van der Waals surface area contributed by atoms with Gasteiger partial charge in [0.15, 0.2) is 5.82 Å². The van der Waals surface area contributed by atoms with E-state index in [1.807, 2.05) is 42.6 Å². The van der Waals surface area contributed by atoms with Crippen molar-refractivity contribution in [3.8, 4) is 5.82 Å². The van der Waals surface area contributed by atoms with E-state index in [0.717, 1.165) is 37.4 Å². The van der Waals surface area contributed by atoms with E-state index in [-0.39, 0.29) is 5.91 Å². The Morgan fingerprint density at radius 1 is 1.11 bits per heavy atom. The molecular formula is C20H23N7O. The Morgan fingerprint density at radius 3 is 2.68 bits per heavy atom. The Labute approximate surface area is 163 Å². The van der Waals surface area contributed by atoms with E-state index < -0.39 is 0 Å². The fraction of sp³-hybridized carbons (Fsp3) is 0.300. The molecule has 0 bridgehead atoms. The predicted molar refractivity (Wildman–Crippen MR) is 107 cm³/mol. The first-order valence-electron chi connectivity index (χ1n) is 9.42. The van der Waals surface area contributed by atoms with Crippen molar-refractivity contribution < 1.29 is 4.79 Å². The number of likely N-dealkylation sites (tertiary alicyclic amines) is 1. The van der Waals surface area contributed by atoms with Crippen molar-refractivity contribution in [1.29, 1.82) is 0 Å². The highest BCUT2D eigenvalue weighted by Crippen LogP contribution is 2.16. The molecule has 8 nitrogen and oxygen atoms in total. The first-order chi connectivity index (χ1) is 13.8. The highest BCUT2D eigenvalue weighted by molar-refractivity contribution is 5.92. The summed E-state index contributed by atoms with van der Waals surface area (Å²) >= 11 is 0. The maximum atomic E-state index is 12.2. The Balaban J connectivity index is 1.25. The fourth-order valence-corrected chi connectivity index (χ4v) is 3.31. The number of piperidine rings is 1. The van der Waals surface area contributed by atoms with E-state index >= 15 is 0 Å². The zero-order valence-corrected chi connectivity index (χ0v) is 15.5. The molecule has 28 heavy (non-hydrogen) atoms. The minimum Gasteiger partial charge on any atom is -0.366 e. The van der Waals surface area contributed by atoms with Crippen LogP contribution in [0.4, 0.5) is 11.5 Å². The number of nitrogens with one attached hydrogen (secondary N) is 2. The molecule has 0 aliphatic carbocycles. The van der Waals surface area contributed by atoms with E-state index in [1.54, 1.807) is 23.3 Å². The Hall–Kier alpha value is -3.26. The number of benzene rings is 1. The van der Waals surface area contributed by atoms with Gasteiger partial charge in [0.1, 0.15) is 5.82 Å². The second kappa shape index (κ2) is 8.62. The van der Waals surface area contributed by atoms with Gasteiger partial charge in [-0.15, -0.1) is 0 Å². The SMILES string of the molecule is O=C(CN1CCC(Nc2cncc(-n3cccn3)n2)CC1)Nc1ccccc1. The van der Waals surface area contributed by atoms with Gasteiger partial charge < -0.3 is 10.6 Å². The van der Waals surface area contributed by atoms with E-state index in [2.05, 4.69) is 30.6 Å². The Morgan fingerprint density at radius 2 is 1.93 bits per heavy atom. The van der Waals surface area contributed by atoms with Crippen molar-refractivity contribution in [2.75, 3.05) is 30.3 Å². The van der Waals surface area contributed by atoms with Crippen molar-refractivity contribution in [3.05, 3.63) is 61.2 Å². The summed E-state index contributed by atoms with van der Waals surface area (Å²) < 4.78 is 1.69. The molecule has 1 aromatic carbocycles. The van der Waals surface area contributed by atoms with Gasteiger partial charge in [0.2, 0.25) is 5.91 Å². The zero-order chi connectivity index (χ0) is 19.2. The molecule has 0 spiro atoms.